The maximum atomic E-state index is 12.0. The highest BCUT2D eigenvalue weighted by molar-refractivity contribution is 6.33. The maximum absolute atomic E-state index is 12.0. The van der Waals surface area contributed by atoms with Gasteiger partial charge in [-0.05, 0) is 74.4 Å². The summed E-state index contributed by atoms with van der Waals surface area (Å²) in [6, 6.07) is 16.9. The highest BCUT2D eigenvalue weighted by Gasteiger charge is 2.12. The van der Waals surface area contributed by atoms with Crippen molar-refractivity contribution in [2.45, 2.75) is 20.8 Å². The second-order valence-electron chi connectivity index (χ2n) is 7.21. The molecule has 31 heavy (non-hydrogen) atoms. The molecule has 4 aromatic rings. The smallest absolute Gasteiger partial charge is 0.338 e. The Morgan fingerprint density at radius 1 is 1.06 bits per heavy atom. The molecule has 0 spiro atoms. The fraction of sp³-hybridized carbons (Fsp3) is 0.167. The van der Waals surface area contributed by atoms with Crippen molar-refractivity contribution in [3.8, 4) is 11.1 Å². The predicted molar refractivity (Wildman–Crippen MR) is 123 cm³/mol. The minimum absolute atomic E-state index is 0.323. The van der Waals surface area contributed by atoms with Crippen molar-refractivity contribution < 1.29 is 9.53 Å². The molecule has 1 heterocycles. The van der Waals surface area contributed by atoms with Gasteiger partial charge in [0.05, 0.1) is 17.7 Å². The number of aromatic nitrogens is 3. The SMILES string of the molecule is CCOC(=O)c1cccc(Nc2nnc3cc(-c4cc(C)ccc4Cl)cc(C)c3n2)c1. The summed E-state index contributed by atoms with van der Waals surface area (Å²) in [6.45, 7) is 6.11. The van der Waals surface area contributed by atoms with Crippen LogP contribution in [0.4, 0.5) is 11.6 Å². The van der Waals surface area contributed by atoms with Gasteiger partial charge in [-0.2, -0.15) is 0 Å². The molecule has 0 bridgehead atoms. The van der Waals surface area contributed by atoms with E-state index in [9.17, 15) is 4.79 Å². The Balaban J connectivity index is 1.66. The third-order valence-corrected chi connectivity index (χ3v) is 5.14. The van der Waals surface area contributed by atoms with Gasteiger partial charge in [-0.1, -0.05) is 29.3 Å². The number of nitrogens with one attached hydrogen (secondary N) is 1. The summed E-state index contributed by atoms with van der Waals surface area (Å²) in [5.41, 5.74) is 6.56. The first-order valence-electron chi connectivity index (χ1n) is 9.90. The van der Waals surface area contributed by atoms with Gasteiger partial charge in [0.15, 0.2) is 0 Å². The number of anilines is 2. The minimum atomic E-state index is -0.373. The van der Waals surface area contributed by atoms with E-state index < -0.39 is 0 Å². The van der Waals surface area contributed by atoms with Crippen LogP contribution in [0.1, 0.15) is 28.4 Å². The van der Waals surface area contributed by atoms with E-state index in [1.54, 1.807) is 25.1 Å². The molecule has 1 aromatic heterocycles. The molecule has 0 aliphatic rings. The van der Waals surface area contributed by atoms with Gasteiger partial charge in [-0.3, -0.25) is 0 Å². The van der Waals surface area contributed by atoms with E-state index in [-0.39, 0.29) is 5.97 Å². The standard InChI is InChI=1S/C24H21ClN4O2/c1-4-31-23(30)16-6-5-7-18(12-16)26-24-27-22-15(3)11-17(13-21(22)28-29-24)19-10-14(2)8-9-20(19)25/h5-13H,4H2,1-3H3,(H,26,27,29). The van der Waals surface area contributed by atoms with Crippen LogP contribution in [0.2, 0.25) is 5.02 Å². The van der Waals surface area contributed by atoms with Crippen molar-refractivity contribution in [3.63, 3.8) is 0 Å². The summed E-state index contributed by atoms with van der Waals surface area (Å²) in [6.07, 6.45) is 0. The normalized spacial score (nSPS) is 10.8. The Bertz CT molecular complexity index is 1290. The van der Waals surface area contributed by atoms with E-state index in [4.69, 9.17) is 16.3 Å². The van der Waals surface area contributed by atoms with E-state index in [1.165, 1.54) is 0 Å². The fourth-order valence-corrected chi connectivity index (χ4v) is 3.58. The van der Waals surface area contributed by atoms with Crippen LogP contribution < -0.4 is 5.32 Å². The molecule has 0 radical (unpaired) electrons. The first kappa shape index (κ1) is 20.8. The molecule has 0 fully saturated rings. The Labute approximate surface area is 185 Å². The van der Waals surface area contributed by atoms with Crippen LogP contribution in [0, 0.1) is 13.8 Å². The van der Waals surface area contributed by atoms with Crippen molar-refractivity contribution in [1.29, 1.82) is 0 Å². The molecule has 1 N–H and O–H groups in total. The first-order valence-corrected chi connectivity index (χ1v) is 10.3. The number of nitrogens with zero attached hydrogens (tertiary/aromatic N) is 3. The Kier molecular flexibility index (Phi) is 5.82. The molecule has 156 valence electrons. The van der Waals surface area contributed by atoms with Gasteiger partial charge in [0.2, 0.25) is 5.95 Å². The summed E-state index contributed by atoms with van der Waals surface area (Å²) < 4.78 is 5.05. The fourth-order valence-electron chi connectivity index (χ4n) is 3.35. The van der Waals surface area contributed by atoms with E-state index in [2.05, 4.69) is 26.6 Å². The quantitative estimate of drug-likeness (QED) is 0.396. The molecule has 0 atom stereocenters. The summed E-state index contributed by atoms with van der Waals surface area (Å²) in [7, 11) is 0. The number of hydrogen-bond acceptors (Lipinski definition) is 6. The zero-order valence-electron chi connectivity index (χ0n) is 17.4. The van der Waals surface area contributed by atoms with E-state index >= 15 is 0 Å². The molecule has 0 amide bonds. The van der Waals surface area contributed by atoms with E-state index in [0.717, 1.165) is 27.8 Å². The second kappa shape index (κ2) is 8.70. The number of carbonyl (C=O) groups excluding carboxylic acids is 1. The predicted octanol–water partition coefficient (Wildman–Crippen LogP) is 5.88. The summed E-state index contributed by atoms with van der Waals surface area (Å²) in [5.74, 6) is -0.0279. The number of hydrogen-bond donors (Lipinski definition) is 1. The van der Waals surface area contributed by atoms with Crippen molar-refractivity contribution in [2.75, 3.05) is 11.9 Å². The number of fused-ring (bicyclic) bond motifs is 1. The topological polar surface area (TPSA) is 77.0 Å². The molecule has 3 aromatic carbocycles. The molecule has 0 saturated carbocycles. The number of benzene rings is 3. The van der Waals surface area contributed by atoms with Crippen LogP contribution >= 0.6 is 11.6 Å². The van der Waals surface area contributed by atoms with Gasteiger partial charge < -0.3 is 10.1 Å². The first-order chi connectivity index (χ1) is 14.9. The van der Waals surface area contributed by atoms with E-state index in [0.29, 0.717) is 34.3 Å². The number of carbonyl (C=O) groups is 1. The summed E-state index contributed by atoms with van der Waals surface area (Å²) in [4.78, 5) is 16.6. The zero-order chi connectivity index (χ0) is 22.0. The highest BCUT2D eigenvalue weighted by atomic mass is 35.5. The lowest BCUT2D eigenvalue weighted by atomic mass is 10.0. The lowest BCUT2D eigenvalue weighted by molar-refractivity contribution is 0.0526. The molecule has 7 heteroatoms. The van der Waals surface area contributed by atoms with Crippen LogP contribution in [0.25, 0.3) is 22.2 Å². The van der Waals surface area contributed by atoms with Crippen LogP contribution in [0.5, 0.6) is 0 Å². The third-order valence-electron chi connectivity index (χ3n) is 4.81. The van der Waals surface area contributed by atoms with Crippen LogP contribution in [0.3, 0.4) is 0 Å². The molecule has 4 rings (SSSR count). The Morgan fingerprint density at radius 2 is 1.90 bits per heavy atom. The lowest BCUT2D eigenvalue weighted by Crippen LogP contribution is -2.06. The van der Waals surface area contributed by atoms with Crippen molar-refractivity contribution in [1.82, 2.24) is 15.2 Å². The number of esters is 1. The molecule has 0 saturated heterocycles. The molecule has 0 aliphatic heterocycles. The van der Waals surface area contributed by atoms with Gasteiger partial charge >= 0.3 is 5.97 Å². The monoisotopic (exact) mass is 432 g/mol. The lowest BCUT2D eigenvalue weighted by Gasteiger charge is -2.10. The number of rotatable bonds is 5. The molecular weight excluding hydrogens is 412 g/mol. The second-order valence-corrected chi connectivity index (χ2v) is 7.61. The maximum Gasteiger partial charge on any atom is 0.338 e. The Hall–Kier alpha value is -3.51. The molecule has 0 unspecified atom stereocenters. The number of ether oxygens (including phenoxy) is 1. The number of halogens is 1. The van der Waals surface area contributed by atoms with Crippen LogP contribution in [-0.4, -0.2) is 27.8 Å². The third kappa shape index (κ3) is 4.49. The van der Waals surface area contributed by atoms with E-state index in [1.807, 2.05) is 44.2 Å². The Morgan fingerprint density at radius 3 is 2.71 bits per heavy atom. The largest absolute Gasteiger partial charge is 0.462 e. The van der Waals surface area contributed by atoms with Gasteiger partial charge in [0.1, 0.15) is 5.52 Å². The molecular formula is C24H21ClN4O2. The zero-order valence-corrected chi connectivity index (χ0v) is 18.2. The van der Waals surface area contributed by atoms with Gasteiger partial charge in [0.25, 0.3) is 0 Å². The van der Waals surface area contributed by atoms with Crippen LogP contribution in [-0.2, 0) is 4.74 Å². The van der Waals surface area contributed by atoms with Crippen molar-refractivity contribution >= 4 is 40.2 Å². The minimum Gasteiger partial charge on any atom is -0.462 e. The van der Waals surface area contributed by atoms with Gasteiger partial charge in [-0.25, -0.2) is 9.78 Å². The van der Waals surface area contributed by atoms with Crippen molar-refractivity contribution in [2.24, 2.45) is 0 Å². The molecule has 0 aliphatic carbocycles. The average molecular weight is 433 g/mol. The van der Waals surface area contributed by atoms with Crippen LogP contribution in [0.15, 0.2) is 54.6 Å². The summed E-state index contributed by atoms with van der Waals surface area (Å²) in [5, 5.41) is 12.4. The highest BCUT2D eigenvalue weighted by Crippen LogP contribution is 2.32. The molecule has 6 nitrogen and oxygen atoms in total. The summed E-state index contributed by atoms with van der Waals surface area (Å²) >= 11 is 6.41. The average Bonchev–Trinajstić information content (AvgIpc) is 2.76. The van der Waals surface area contributed by atoms with Gasteiger partial charge in [-0.15, -0.1) is 10.2 Å². The number of aryl methyl sites for hydroxylation is 2. The van der Waals surface area contributed by atoms with Crippen molar-refractivity contribution in [3.05, 3.63) is 76.3 Å². The van der Waals surface area contributed by atoms with Gasteiger partial charge in [0, 0.05) is 16.3 Å².